The first-order valence-electron chi connectivity index (χ1n) is 6.99. The number of halogens is 1. The molecule has 0 saturated carbocycles. The Kier molecular flexibility index (Phi) is 5.12. The van der Waals surface area contributed by atoms with Gasteiger partial charge >= 0.3 is 0 Å². The van der Waals surface area contributed by atoms with Crippen LogP contribution in [0, 0.1) is 6.92 Å². The normalized spacial score (nSPS) is 10.6. The first kappa shape index (κ1) is 15.0. The molecule has 0 radical (unpaired) electrons. The van der Waals surface area contributed by atoms with Gasteiger partial charge in [0.05, 0.1) is 10.2 Å². The molecule has 0 fully saturated rings. The third-order valence-corrected chi connectivity index (χ3v) is 4.09. The molecule has 3 nitrogen and oxygen atoms in total. The van der Waals surface area contributed by atoms with Gasteiger partial charge in [-0.05, 0) is 47.3 Å². The van der Waals surface area contributed by atoms with Gasteiger partial charge in [-0.2, -0.15) is 0 Å². The molecule has 0 aliphatic carbocycles. The first-order chi connectivity index (χ1) is 9.65. The van der Waals surface area contributed by atoms with Crippen molar-refractivity contribution in [2.75, 3.05) is 11.9 Å². The maximum atomic E-state index is 4.67. The molecule has 0 unspecified atom stereocenters. The van der Waals surface area contributed by atoms with E-state index in [1.807, 2.05) is 0 Å². The highest BCUT2D eigenvalue weighted by atomic mass is 79.9. The Balaban J connectivity index is 2.37. The van der Waals surface area contributed by atoms with Gasteiger partial charge in [0.15, 0.2) is 0 Å². The molecule has 0 spiro atoms. The molecule has 1 N–H and O–H groups in total. The van der Waals surface area contributed by atoms with Crippen LogP contribution in [-0.4, -0.2) is 16.5 Å². The number of hydrogen-bond acceptors (Lipinski definition) is 3. The number of rotatable bonds is 5. The molecule has 0 saturated heterocycles. The lowest BCUT2D eigenvalue weighted by Gasteiger charge is -2.12. The fraction of sp³-hybridized carbons (Fsp3) is 0.375. The van der Waals surface area contributed by atoms with E-state index < -0.39 is 0 Å². The molecule has 0 amide bonds. The second kappa shape index (κ2) is 6.84. The van der Waals surface area contributed by atoms with E-state index in [0.717, 1.165) is 41.2 Å². The summed E-state index contributed by atoms with van der Waals surface area (Å²) >= 11 is 3.59. The summed E-state index contributed by atoms with van der Waals surface area (Å²) in [7, 11) is 0. The number of nitrogens with zero attached hydrogens (tertiary/aromatic N) is 2. The average Bonchev–Trinajstić information content (AvgIpc) is 2.45. The number of nitrogens with one attached hydrogen (secondary N) is 1. The molecule has 0 bridgehead atoms. The predicted molar refractivity (Wildman–Crippen MR) is 87.3 cm³/mol. The van der Waals surface area contributed by atoms with Crippen molar-refractivity contribution in [1.29, 1.82) is 0 Å². The van der Waals surface area contributed by atoms with Crippen LogP contribution >= 0.6 is 15.9 Å². The van der Waals surface area contributed by atoms with Gasteiger partial charge in [0, 0.05) is 13.0 Å². The maximum Gasteiger partial charge on any atom is 0.144 e. The standard InChI is InChI=1S/C16H20BrN3/c1-4-13-15(17)16(18-5-2)20-14(19-13)10-12-9-7-6-8-11(12)3/h6-9H,4-5,10H2,1-3H3,(H,18,19,20). The minimum absolute atomic E-state index is 0.769. The van der Waals surface area contributed by atoms with Crippen LogP contribution in [0.2, 0.25) is 0 Å². The third kappa shape index (κ3) is 3.37. The van der Waals surface area contributed by atoms with Crippen LogP contribution in [-0.2, 0) is 12.8 Å². The molecular weight excluding hydrogens is 314 g/mol. The molecule has 0 aliphatic rings. The largest absolute Gasteiger partial charge is 0.369 e. The molecule has 1 aromatic heterocycles. The van der Waals surface area contributed by atoms with Crippen LogP contribution in [0.1, 0.15) is 36.5 Å². The molecule has 20 heavy (non-hydrogen) atoms. The molecule has 0 aliphatic heterocycles. The summed E-state index contributed by atoms with van der Waals surface area (Å²) in [4.78, 5) is 9.31. The number of anilines is 1. The number of benzene rings is 1. The van der Waals surface area contributed by atoms with Crippen molar-refractivity contribution in [1.82, 2.24) is 9.97 Å². The lowest BCUT2D eigenvalue weighted by molar-refractivity contribution is 0.891. The van der Waals surface area contributed by atoms with Gasteiger partial charge in [-0.25, -0.2) is 9.97 Å². The second-order valence-electron chi connectivity index (χ2n) is 4.74. The van der Waals surface area contributed by atoms with Crippen LogP contribution < -0.4 is 5.32 Å². The minimum Gasteiger partial charge on any atom is -0.369 e. The van der Waals surface area contributed by atoms with Gasteiger partial charge < -0.3 is 5.32 Å². The predicted octanol–water partition coefficient (Wildman–Crippen LogP) is 4.13. The van der Waals surface area contributed by atoms with Crippen LogP contribution in [0.25, 0.3) is 0 Å². The fourth-order valence-corrected chi connectivity index (χ4v) is 2.72. The zero-order valence-corrected chi connectivity index (χ0v) is 13.8. The van der Waals surface area contributed by atoms with E-state index in [0.29, 0.717) is 0 Å². The van der Waals surface area contributed by atoms with Crippen molar-refractivity contribution in [2.24, 2.45) is 0 Å². The van der Waals surface area contributed by atoms with E-state index in [4.69, 9.17) is 0 Å². The molecular formula is C16H20BrN3. The Morgan fingerprint density at radius 2 is 1.90 bits per heavy atom. The summed E-state index contributed by atoms with van der Waals surface area (Å²) in [5, 5.41) is 3.29. The number of aryl methyl sites for hydroxylation is 2. The van der Waals surface area contributed by atoms with E-state index in [2.05, 4.69) is 76.3 Å². The van der Waals surface area contributed by atoms with Crippen molar-refractivity contribution in [3.05, 3.63) is 51.4 Å². The Labute approximate surface area is 129 Å². The number of hydrogen-bond donors (Lipinski definition) is 1. The van der Waals surface area contributed by atoms with Crippen molar-refractivity contribution < 1.29 is 0 Å². The maximum absolute atomic E-state index is 4.67. The molecule has 0 atom stereocenters. The van der Waals surface area contributed by atoms with Gasteiger partial charge in [-0.15, -0.1) is 0 Å². The van der Waals surface area contributed by atoms with Crippen molar-refractivity contribution in [3.63, 3.8) is 0 Å². The molecule has 2 aromatic rings. The van der Waals surface area contributed by atoms with E-state index in [-0.39, 0.29) is 0 Å². The zero-order chi connectivity index (χ0) is 14.5. The van der Waals surface area contributed by atoms with Gasteiger partial charge in [0.2, 0.25) is 0 Å². The molecule has 2 rings (SSSR count). The minimum atomic E-state index is 0.769. The van der Waals surface area contributed by atoms with Gasteiger partial charge in [0.25, 0.3) is 0 Å². The van der Waals surface area contributed by atoms with Gasteiger partial charge in [-0.3, -0.25) is 0 Å². The smallest absolute Gasteiger partial charge is 0.144 e. The monoisotopic (exact) mass is 333 g/mol. The molecule has 4 heteroatoms. The Morgan fingerprint density at radius 1 is 1.15 bits per heavy atom. The van der Waals surface area contributed by atoms with Gasteiger partial charge in [0.1, 0.15) is 11.6 Å². The molecule has 106 valence electrons. The highest BCUT2D eigenvalue weighted by Crippen LogP contribution is 2.25. The Bertz CT molecular complexity index is 596. The van der Waals surface area contributed by atoms with Crippen LogP contribution in [0.5, 0.6) is 0 Å². The zero-order valence-electron chi connectivity index (χ0n) is 12.2. The SMILES string of the molecule is CCNc1nc(Cc2ccccc2C)nc(CC)c1Br. The van der Waals surface area contributed by atoms with Crippen LogP contribution in [0.15, 0.2) is 28.7 Å². The topological polar surface area (TPSA) is 37.8 Å². The van der Waals surface area contributed by atoms with Crippen molar-refractivity contribution >= 4 is 21.7 Å². The number of aromatic nitrogens is 2. The average molecular weight is 334 g/mol. The summed E-state index contributed by atoms with van der Waals surface area (Å²) in [6, 6.07) is 8.38. The highest BCUT2D eigenvalue weighted by Gasteiger charge is 2.11. The van der Waals surface area contributed by atoms with E-state index in [9.17, 15) is 0 Å². The van der Waals surface area contributed by atoms with Crippen LogP contribution in [0.3, 0.4) is 0 Å². The fourth-order valence-electron chi connectivity index (χ4n) is 2.12. The van der Waals surface area contributed by atoms with Crippen LogP contribution in [0.4, 0.5) is 5.82 Å². The van der Waals surface area contributed by atoms with Crippen molar-refractivity contribution in [3.8, 4) is 0 Å². The molecule has 1 heterocycles. The summed E-state index contributed by atoms with van der Waals surface area (Å²) < 4.78 is 0.982. The lowest BCUT2D eigenvalue weighted by atomic mass is 10.1. The Hall–Kier alpha value is -1.42. The third-order valence-electron chi connectivity index (χ3n) is 3.26. The lowest BCUT2D eigenvalue weighted by Crippen LogP contribution is -2.08. The van der Waals surface area contributed by atoms with Crippen molar-refractivity contribution in [2.45, 2.75) is 33.6 Å². The second-order valence-corrected chi connectivity index (χ2v) is 5.53. The molecule has 1 aromatic carbocycles. The first-order valence-corrected chi connectivity index (χ1v) is 7.78. The summed E-state index contributed by atoms with van der Waals surface area (Å²) in [5.74, 6) is 1.76. The summed E-state index contributed by atoms with van der Waals surface area (Å²) in [5.41, 5.74) is 3.61. The summed E-state index contributed by atoms with van der Waals surface area (Å²) in [6.07, 6.45) is 1.66. The highest BCUT2D eigenvalue weighted by molar-refractivity contribution is 9.10. The van der Waals surface area contributed by atoms with E-state index in [1.165, 1.54) is 11.1 Å². The summed E-state index contributed by atoms with van der Waals surface area (Å²) in [6.45, 7) is 7.16. The van der Waals surface area contributed by atoms with E-state index >= 15 is 0 Å². The van der Waals surface area contributed by atoms with Gasteiger partial charge in [-0.1, -0.05) is 31.2 Å². The van der Waals surface area contributed by atoms with E-state index in [1.54, 1.807) is 0 Å². The Morgan fingerprint density at radius 3 is 2.55 bits per heavy atom. The quantitative estimate of drug-likeness (QED) is 0.893.